The molecule has 6 nitrogen and oxygen atoms in total. The normalized spacial score (nSPS) is 21.6. The summed E-state index contributed by atoms with van der Waals surface area (Å²) in [6.45, 7) is 2.22. The van der Waals surface area contributed by atoms with Crippen LogP contribution in [0, 0.1) is 0 Å². The number of hydrogen-bond acceptors (Lipinski definition) is 4. The third-order valence-electron chi connectivity index (χ3n) is 2.23. The molecule has 0 aliphatic carbocycles. The van der Waals surface area contributed by atoms with Crippen LogP contribution in [0.25, 0.3) is 0 Å². The second-order valence-electron chi connectivity index (χ2n) is 3.75. The number of aliphatic imine (C=N–C) groups is 1. The first-order valence-electron chi connectivity index (χ1n) is 5.32. The lowest BCUT2D eigenvalue weighted by Gasteiger charge is -2.21. The Balaban J connectivity index is 2.18. The molecule has 1 aliphatic heterocycles. The molecule has 16 heavy (non-hydrogen) atoms. The van der Waals surface area contributed by atoms with Crippen molar-refractivity contribution in [3.63, 3.8) is 0 Å². The van der Waals surface area contributed by atoms with Crippen LogP contribution >= 0.6 is 0 Å². The van der Waals surface area contributed by atoms with E-state index in [9.17, 15) is 9.59 Å². The number of nitrogens with zero attached hydrogens (tertiary/aromatic N) is 1. The van der Waals surface area contributed by atoms with Crippen LogP contribution in [0.4, 0.5) is 0 Å². The van der Waals surface area contributed by atoms with E-state index in [-0.39, 0.29) is 18.5 Å². The lowest BCUT2D eigenvalue weighted by atomic mass is 10.1. The fourth-order valence-electron chi connectivity index (χ4n) is 1.44. The summed E-state index contributed by atoms with van der Waals surface area (Å²) in [7, 11) is 0. The molecular formula is C10H17N3O3. The lowest BCUT2D eigenvalue weighted by molar-refractivity contribution is -0.157. The van der Waals surface area contributed by atoms with E-state index in [4.69, 9.17) is 10.5 Å². The van der Waals surface area contributed by atoms with E-state index in [1.807, 2.05) is 0 Å². The average molecular weight is 227 g/mol. The molecule has 0 aromatic carbocycles. The van der Waals surface area contributed by atoms with Crippen LogP contribution < -0.4 is 11.1 Å². The Hall–Kier alpha value is -1.59. The number of amides is 1. The van der Waals surface area contributed by atoms with E-state index < -0.39 is 6.04 Å². The van der Waals surface area contributed by atoms with Crippen LogP contribution in [0.3, 0.4) is 0 Å². The Morgan fingerprint density at radius 3 is 3.00 bits per heavy atom. The van der Waals surface area contributed by atoms with Gasteiger partial charge >= 0.3 is 5.97 Å². The highest BCUT2D eigenvalue weighted by Crippen LogP contribution is 2.06. The number of unbranched alkanes of at least 4 members (excludes halogenated alkanes) is 1. The Kier molecular flexibility index (Phi) is 4.75. The summed E-state index contributed by atoms with van der Waals surface area (Å²) in [5, 5.41) is 2.59. The van der Waals surface area contributed by atoms with Gasteiger partial charge in [-0.25, -0.2) is 4.79 Å². The highest BCUT2D eigenvalue weighted by atomic mass is 16.5. The summed E-state index contributed by atoms with van der Waals surface area (Å²) in [5.41, 5.74) is 5.38. The van der Waals surface area contributed by atoms with E-state index in [2.05, 4.69) is 10.3 Å². The Bertz CT molecular complexity index is 298. The van der Waals surface area contributed by atoms with Crippen molar-refractivity contribution < 1.29 is 14.3 Å². The van der Waals surface area contributed by atoms with Crippen molar-refractivity contribution in [2.75, 3.05) is 13.2 Å². The number of amidine groups is 1. The minimum Gasteiger partial charge on any atom is -0.454 e. The molecule has 0 bridgehead atoms. The maximum atomic E-state index is 11.2. The van der Waals surface area contributed by atoms with Gasteiger partial charge in [-0.3, -0.25) is 9.79 Å². The van der Waals surface area contributed by atoms with Gasteiger partial charge in [0.25, 0.3) is 5.91 Å². The molecule has 1 unspecified atom stereocenters. The number of rotatable bonds is 5. The first-order chi connectivity index (χ1) is 7.59. The Labute approximate surface area is 94.2 Å². The number of carbonyl (C=O) groups is 2. The average Bonchev–Trinajstić information content (AvgIpc) is 2.22. The number of carbonyl (C=O) groups excluding carboxylic acids is 2. The Morgan fingerprint density at radius 2 is 2.31 bits per heavy atom. The number of morpholine rings is 1. The van der Waals surface area contributed by atoms with E-state index in [1.54, 1.807) is 6.92 Å². The SMILES string of the molecule is CC(N)=NCCCCC1NC(=O)COC1=O. The van der Waals surface area contributed by atoms with Crippen LogP contribution in [-0.2, 0) is 14.3 Å². The second-order valence-corrected chi connectivity index (χ2v) is 3.75. The predicted molar refractivity (Wildman–Crippen MR) is 58.9 cm³/mol. The first-order valence-corrected chi connectivity index (χ1v) is 5.32. The maximum absolute atomic E-state index is 11.2. The molecule has 1 rings (SSSR count). The van der Waals surface area contributed by atoms with Crippen LogP contribution in [0.1, 0.15) is 26.2 Å². The highest BCUT2D eigenvalue weighted by molar-refractivity contribution is 5.90. The summed E-state index contributed by atoms with van der Waals surface area (Å²) in [5.74, 6) is -0.0242. The van der Waals surface area contributed by atoms with Crippen molar-refractivity contribution in [3.05, 3.63) is 0 Å². The van der Waals surface area contributed by atoms with Crippen molar-refractivity contribution in [3.8, 4) is 0 Å². The number of ether oxygens (including phenoxy) is 1. The zero-order valence-corrected chi connectivity index (χ0v) is 9.36. The third-order valence-corrected chi connectivity index (χ3v) is 2.23. The van der Waals surface area contributed by atoms with E-state index in [0.717, 1.165) is 12.8 Å². The molecule has 0 aromatic rings. The minimum atomic E-state index is -0.496. The smallest absolute Gasteiger partial charge is 0.329 e. The van der Waals surface area contributed by atoms with E-state index >= 15 is 0 Å². The summed E-state index contributed by atoms with van der Waals surface area (Å²) in [4.78, 5) is 26.2. The van der Waals surface area contributed by atoms with Gasteiger partial charge in [-0.05, 0) is 26.2 Å². The van der Waals surface area contributed by atoms with Gasteiger partial charge in [0.2, 0.25) is 0 Å². The van der Waals surface area contributed by atoms with Gasteiger partial charge in [-0.2, -0.15) is 0 Å². The molecule has 1 fully saturated rings. The second kappa shape index (κ2) is 6.09. The number of cyclic esters (lactones) is 1. The molecule has 0 spiro atoms. The van der Waals surface area contributed by atoms with Crippen molar-refractivity contribution in [1.82, 2.24) is 5.32 Å². The van der Waals surface area contributed by atoms with Gasteiger partial charge in [0, 0.05) is 6.54 Å². The largest absolute Gasteiger partial charge is 0.454 e. The molecule has 0 saturated carbocycles. The minimum absolute atomic E-state index is 0.161. The molecule has 6 heteroatoms. The molecular weight excluding hydrogens is 210 g/mol. The summed E-state index contributed by atoms with van der Waals surface area (Å²) in [6.07, 6.45) is 2.23. The van der Waals surface area contributed by atoms with Gasteiger partial charge in [0.15, 0.2) is 6.61 Å². The summed E-state index contributed by atoms with van der Waals surface area (Å²) < 4.78 is 4.70. The van der Waals surface area contributed by atoms with Crippen LogP contribution in [0.5, 0.6) is 0 Å². The summed E-state index contributed by atoms with van der Waals surface area (Å²) in [6, 6.07) is -0.496. The molecule has 1 aliphatic rings. The molecule has 1 amide bonds. The van der Waals surface area contributed by atoms with Gasteiger partial charge < -0.3 is 15.8 Å². The predicted octanol–water partition coefficient (Wildman–Crippen LogP) is -0.425. The van der Waals surface area contributed by atoms with Crippen LogP contribution in [0.15, 0.2) is 4.99 Å². The molecule has 3 N–H and O–H groups in total. The third kappa shape index (κ3) is 4.29. The molecule has 1 heterocycles. The summed E-state index contributed by atoms with van der Waals surface area (Å²) >= 11 is 0. The van der Waals surface area contributed by atoms with Gasteiger partial charge in [-0.15, -0.1) is 0 Å². The first kappa shape index (κ1) is 12.5. The van der Waals surface area contributed by atoms with Crippen LogP contribution in [0.2, 0.25) is 0 Å². The molecule has 1 atom stereocenters. The van der Waals surface area contributed by atoms with Gasteiger partial charge in [0.1, 0.15) is 6.04 Å². The number of nitrogens with two attached hydrogens (primary N) is 1. The molecule has 90 valence electrons. The molecule has 1 saturated heterocycles. The number of esters is 1. The van der Waals surface area contributed by atoms with Gasteiger partial charge in [-0.1, -0.05) is 0 Å². The molecule has 0 radical (unpaired) electrons. The zero-order valence-electron chi connectivity index (χ0n) is 9.36. The van der Waals surface area contributed by atoms with Crippen molar-refractivity contribution in [2.45, 2.75) is 32.2 Å². The van der Waals surface area contributed by atoms with E-state index in [1.165, 1.54) is 0 Å². The fraction of sp³-hybridized carbons (Fsp3) is 0.700. The van der Waals surface area contributed by atoms with Crippen molar-refractivity contribution >= 4 is 17.7 Å². The zero-order chi connectivity index (χ0) is 12.0. The van der Waals surface area contributed by atoms with Crippen LogP contribution in [-0.4, -0.2) is 36.9 Å². The van der Waals surface area contributed by atoms with Crippen molar-refractivity contribution in [1.29, 1.82) is 0 Å². The topological polar surface area (TPSA) is 93.8 Å². The van der Waals surface area contributed by atoms with Gasteiger partial charge in [0.05, 0.1) is 5.84 Å². The highest BCUT2D eigenvalue weighted by Gasteiger charge is 2.27. The quantitative estimate of drug-likeness (QED) is 0.288. The standard InChI is InChI=1S/C10H17N3O3/c1-7(11)12-5-3-2-4-8-10(15)16-6-9(14)13-8/h8H,2-6H2,1H3,(H2,11,12)(H,13,14). The maximum Gasteiger partial charge on any atom is 0.329 e. The lowest BCUT2D eigenvalue weighted by Crippen LogP contribution is -2.49. The Morgan fingerprint density at radius 1 is 1.56 bits per heavy atom. The number of nitrogens with one attached hydrogen (secondary N) is 1. The monoisotopic (exact) mass is 227 g/mol. The fourth-order valence-corrected chi connectivity index (χ4v) is 1.44. The van der Waals surface area contributed by atoms with E-state index in [0.29, 0.717) is 18.8 Å². The van der Waals surface area contributed by atoms with Crippen molar-refractivity contribution in [2.24, 2.45) is 10.7 Å². The molecule has 0 aromatic heterocycles. The number of hydrogen-bond donors (Lipinski definition) is 2.